The van der Waals surface area contributed by atoms with Gasteiger partial charge < -0.3 is 0 Å². The van der Waals surface area contributed by atoms with Gasteiger partial charge in [-0.2, -0.15) is 0 Å². The first-order valence-corrected chi connectivity index (χ1v) is 5.73. The summed E-state index contributed by atoms with van der Waals surface area (Å²) in [6.07, 6.45) is 2.62. The topological polar surface area (TPSA) is 17.1 Å². The maximum atomic E-state index is 11.8. The van der Waals surface area contributed by atoms with E-state index in [2.05, 4.69) is 18.2 Å². The average molecular weight is 220 g/mol. The Morgan fingerprint density at radius 3 is 2.24 bits per heavy atom. The summed E-state index contributed by atoms with van der Waals surface area (Å²) < 4.78 is 0. The summed E-state index contributed by atoms with van der Waals surface area (Å²) in [6, 6.07) is 18.0. The molecule has 0 N–H and O–H groups in total. The molecule has 0 fully saturated rings. The number of benzene rings is 2. The molecule has 3 rings (SSSR count). The predicted molar refractivity (Wildman–Crippen MR) is 69.7 cm³/mol. The first kappa shape index (κ1) is 10.0. The number of ketones is 1. The highest BCUT2D eigenvalue weighted by atomic mass is 16.1. The molecule has 82 valence electrons. The lowest BCUT2D eigenvalue weighted by Gasteiger charge is -1.99. The Kier molecular flexibility index (Phi) is 2.37. The van der Waals surface area contributed by atoms with Gasteiger partial charge in [-0.25, -0.2) is 0 Å². The SMILES string of the molecule is O=C1C/C(=C\c2ccccc2)c2ccccc21. The molecule has 1 aliphatic carbocycles. The Bertz CT molecular complexity index is 594. The number of hydrogen-bond donors (Lipinski definition) is 0. The van der Waals surface area contributed by atoms with Crippen molar-refractivity contribution in [3.8, 4) is 0 Å². The molecule has 0 atom stereocenters. The molecular formula is C16H12O. The largest absolute Gasteiger partial charge is 0.294 e. The molecule has 2 aromatic carbocycles. The molecule has 17 heavy (non-hydrogen) atoms. The van der Waals surface area contributed by atoms with Crippen LogP contribution in [0.3, 0.4) is 0 Å². The van der Waals surface area contributed by atoms with Gasteiger partial charge in [0, 0.05) is 12.0 Å². The van der Waals surface area contributed by atoms with Crippen LogP contribution in [-0.4, -0.2) is 5.78 Å². The zero-order valence-corrected chi connectivity index (χ0v) is 9.39. The van der Waals surface area contributed by atoms with Crippen molar-refractivity contribution in [2.45, 2.75) is 6.42 Å². The van der Waals surface area contributed by atoms with Crippen molar-refractivity contribution in [1.29, 1.82) is 0 Å². The minimum atomic E-state index is 0.225. The lowest BCUT2D eigenvalue weighted by molar-refractivity contribution is 0.100. The number of rotatable bonds is 1. The van der Waals surface area contributed by atoms with E-state index in [1.54, 1.807) is 0 Å². The zero-order chi connectivity index (χ0) is 11.7. The number of carbonyl (C=O) groups excluding carboxylic acids is 1. The fourth-order valence-corrected chi connectivity index (χ4v) is 2.25. The van der Waals surface area contributed by atoms with E-state index in [1.807, 2.05) is 42.5 Å². The van der Waals surface area contributed by atoms with Crippen LogP contribution in [0.5, 0.6) is 0 Å². The van der Waals surface area contributed by atoms with Crippen molar-refractivity contribution in [1.82, 2.24) is 0 Å². The van der Waals surface area contributed by atoms with E-state index in [0.717, 1.165) is 22.3 Å². The van der Waals surface area contributed by atoms with Crippen LogP contribution in [0, 0.1) is 0 Å². The smallest absolute Gasteiger partial charge is 0.167 e. The maximum Gasteiger partial charge on any atom is 0.167 e. The number of Topliss-reactive ketones (excluding diaryl/α,β-unsaturated/α-hetero) is 1. The molecule has 0 aliphatic heterocycles. The van der Waals surface area contributed by atoms with E-state index < -0.39 is 0 Å². The van der Waals surface area contributed by atoms with Crippen LogP contribution in [0.15, 0.2) is 54.6 Å². The summed E-state index contributed by atoms with van der Waals surface area (Å²) in [7, 11) is 0. The van der Waals surface area contributed by atoms with Gasteiger partial charge in [0.2, 0.25) is 0 Å². The molecule has 0 heterocycles. The van der Waals surface area contributed by atoms with E-state index in [1.165, 1.54) is 0 Å². The van der Waals surface area contributed by atoms with Crippen LogP contribution in [0.1, 0.15) is 27.9 Å². The lowest BCUT2D eigenvalue weighted by Crippen LogP contribution is -1.88. The minimum absolute atomic E-state index is 0.225. The van der Waals surface area contributed by atoms with E-state index in [-0.39, 0.29) is 5.78 Å². The van der Waals surface area contributed by atoms with Crippen molar-refractivity contribution in [3.05, 3.63) is 71.3 Å². The van der Waals surface area contributed by atoms with Gasteiger partial charge in [0.25, 0.3) is 0 Å². The Morgan fingerprint density at radius 1 is 0.824 bits per heavy atom. The number of allylic oxidation sites excluding steroid dienone is 1. The second-order valence-corrected chi connectivity index (χ2v) is 4.23. The predicted octanol–water partition coefficient (Wildman–Crippen LogP) is 3.81. The molecule has 1 aliphatic rings. The van der Waals surface area contributed by atoms with Crippen LogP contribution in [0.2, 0.25) is 0 Å². The summed E-state index contributed by atoms with van der Waals surface area (Å²) >= 11 is 0. The highest BCUT2D eigenvalue weighted by Gasteiger charge is 2.22. The van der Waals surface area contributed by atoms with Crippen LogP contribution in [0.25, 0.3) is 11.6 Å². The molecule has 1 nitrogen and oxygen atoms in total. The molecule has 1 heteroatoms. The Hall–Kier alpha value is -2.15. The summed E-state index contributed by atoms with van der Waals surface area (Å²) in [4.78, 5) is 11.8. The fourth-order valence-electron chi connectivity index (χ4n) is 2.25. The highest BCUT2D eigenvalue weighted by Crippen LogP contribution is 2.33. The molecule has 0 saturated heterocycles. The monoisotopic (exact) mass is 220 g/mol. The van der Waals surface area contributed by atoms with Crippen molar-refractivity contribution in [3.63, 3.8) is 0 Å². The van der Waals surface area contributed by atoms with Gasteiger partial charge in [0.15, 0.2) is 5.78 Å². The van der Waals surface area contributed by atoms with E-state index in [9.17, 15) is 4.79 Å². The molecule has 0 bridgehead atoms. The molecule has 0 spiro atoms. The lowest BCUT2D eigenvalue weighted by atomic mass is 10.0. The first-order chi connectivity index (χ1) is 8.34. The molecule has 0 unspecified atom stereocenters. The van der Waals surface area contributed by atoms with Gasteiger partial charge in [-0.05, 0) is 16.7 Å². The molecule has 2 aromatic rings. The maximum absolute atomic E-state index is 11.8. The summed E-state index contributed by atoms with van der Waals surface area (Å²) in [6.45, 7) is 0. The molecule has 0 amide bonds. The summed E-state index contributed by atoms with van der Waals surface area (Å²) in [5.41, 5.74) is 4.21. The number of carbonyl (C=O) groups is 1. The molecule has 0 saturated carbocycles. The zero-order valence-electron chi connectivity index (χ0n) is 9.39. The van der Waals surface area contributed by atoms with Crippen molar-refractivity contribution in [2.75, 3.05) is 0 Å². The van der Waals surface area contributed by atoms with E-state index >= 15 is 0 Å². The van der Waals surface area contributed by atoms with Gasteiger partial charge in [-0.15, -0.1) is 0 Å². The Balaban J connectivity index is 2.08. The third kappa shape index (κ3) is 1.80. The normalized spacial score (nSPS) is 16.2. The summed E-state index contributed by atoms with van der Waals surface area (Å²) in [5.74, 6) is 0.225. The minimum Gasteiger partial charge on any atom is -0.294 e. The molecule has 0 aromatic heterocycles. The molecule has 0 radical (unpaired) electrons. The van der Waals surface area contributed by atoms with Crippen molar-refractivity contribution >= 4 is 17.4 Å². The van der Waals surface area contributed by atoms with Crippen molar-refractivity contribution < 1.29 is 4.79 Å². The Morgan fingerprint density at radius 2 is 1.47 bits per heavy atom. The van der Waals surface area contributed by atoms with Crippen LogP contribution < -0.4 is 0 Å². The molecular weight excluding hydrogens is 208 g/mol. The second-order valence-electron chi connectivity index (χ2n) is 4.23. The van der Waals surface area contributed by atoms with E-state index in [0.29, 0.717) is 6.42 Å². The quantitative estimate of drug-likeness (QED) is 0.714. The fraction of sp³-hybridized carbons (Fsp3) is 0.0625. The Labute approximate surface area is 100 Å². The summed E-state index contributed by atoms with van der Waals surface area (Å²) in [5, 5.41) is 0. The third-order valence-electron chi connectivity index (χ3n) is 3.06. The van der Waals surface area contributed by atoms with Crippen LogP contribution >= 0.6 is 0 Å². The number of hydrogen-bond acceptors (Lipinski definition) is 1. The third-order valence-corrected chi connectivity index (χ3v) is 3.06. The van der Waals surface area contributed by atoms with Gasteiger partial charge in [0.05, 0.1) is 0 Å². The van der Waals surface area contributed by atoms with E-state index in [4.69, 9.17) is 0 Å². The van der Waals surface area contributed by atoms with Crippen molar-refractivity contribution in [2.24, 2.45) is 0 Å². The van der Waals surface area contributed by atoms with Gasteiger partial charge >= 0.3 is 0 Å². The number of fused-ring (bicyclic) bond motifs is 1. The highest BCUT2D eigenvalue weighted by molar-refractivity contribution is 6.14. The van der Waals surface area contributed by atoms with Gasteiger partial charge in [0.1, 0.15) is 0 Å². The standard InChI is InChI=1S/C16H12O/c17-16-11-13(10-12-6-2-1-3-7-12)14-8-4-5-9-15(14)16/h1-10H,11H2/b13-10+. The van der Waals surface area contributed by atoms with Crippen LogP contribution in [-0.2, 0) is 0 Å². The van der Waals surface area contributed by atoms with Crippen LogP contribution in [0.4, 0.5) is 0 Å². The first-order valence-electron chi connectivity index (χ1n) is 5.73. The van der Waals surface area contributed by atoms with Gasteiger partial charge in [-0.3, -0.25) is 4.79 Å². The average Bonchev–Trinajstić information content (AvgIpc) is 2.69. The second kappa shape index (κ2) is 4.02. The van der Waals surface area contributed by atoms with Gasteiger partial charge in [-0.1, -0.05) is 60.7 Å².